The second-order valence-electron chi connectivity index (χ2n) is 6.99. The van der Waals surface area contributed by atoms with Crippen LogP contribution < -0.4 is 25.3 Å². The third kappa shape index (κ3) is 4.91. The average molecular weight is 448 g/mol. The van der Waals surface area contributed by atoms with Crippen LogP contribution in [0.5, 0.6) is 17.2 Å². The van der Waals surface area contributed by atoms with Gasteiger partial charge in [-0.3, -0.25) is 9.59 Å². The smallest absolute Gasteiger partial charge is 0.255 e. The number of ether oxygens (including phenoxy) is 3. The number of nitrogens with two attached hydrogens (primary N) is 1. The minimum absolute atomic E-state index is 0.0317. The molecule has 1 heterocycles. The number of nitrogens with one attached hydrogen (secondary N) is 1. The van der Waals surface area contributed by atoms with Gasteiger partial charge in [0, 0.05) is 5.56 Å². The van der Waals surface area contributed by atoms with Crippen LogP contribution in [0.25, 0.3) is 0 Å². The zero-order valence-corrected chi connectivity index (χ0v) is 18.0. The van der Waals surface area contributed by atoms with Gasteiger partial charge in [0.15, 0.2) is 27.9 Å². The van der Waals surface area contributed by atoms with E-state index in [-0.39, 0.29) is 40.1 Å². The van der Waals surface area contributed by atoms with E-state index in [4.69, 9.17) is 19.9 Å². The van der Waals surface area contributed by atoms with E-state index >= 15 is 0 Å². The summed E-state index contributed by atoms with van der Waals surface area (Å²) in [7, 11) is -0.620. The molecule has 0 fully saturated rings. The molecule has 166 valence electrons. The van der Waals surface area contributed by atoms with E-state index in [1.54, 1.807) is 24.3 Å². The molecule has 0 aromatic heterocycles. The molecule has 1 aliphatic heterocycles. The summed E-state index contributed by atoms with van der Waals surface area (Å²) in [6.07, 6.45) is 0.907. The van der Waals surface area contributed by atoms with Gasteiger partial charge in [-0.25, -0.2) is 8.42 Å². The maximum absolute atomic E-state index is 13.0. The number of benzene rings is 2. The summed E-state index contributed by atoms with van der Waals surface area (Å²) in [5, 5.41) is 2.91. The summed E-state index contributed by atoms with van der Waals surface area (Å²) >= 11 is 0. The second kappa shape index (κ2) is 9.25. The van der Waals surface area contributed by atoms with Crippen molar-refractivity contribution in [2.45, 2.75) is 23.8 Å². The van der Waals surface area contributed by atoms with E-state index in [9.17, 15) is 18.0 Å². The summed E-state index contributed by atoms with van der Waals surface area (Å²) in [5.41, 5.74) is 5.91. The fraction of sp³-hybridized carbons (Fsp3) is 0.333. The van der Waals surface area contributed by atoms with Crippen molar-refractivity contribution in [3.8, 4) is 17.2 Å². The van der Waals surface area contributed by atoms with Gasteiger partial charge < -0.3 is 25.3 Å². The van der Waals surface area contributed by atoms with Gasteiger partial charge in [0.2, 0.25) is 5.75 Å². The lowest BCUT2D eigenvalue weighted by Crippen LogP contribution is -2.29. The third-order valence-corrected chi connectivity index (χ3v) is 6.79. The number of amides is 2. The molecule has 9 nitrogen and oxygen atoms in total. The van der Waals surface area contributed by atoms with E-state index < -0.39 is 27.7 Å². The molecule has 0 saturated heterocycles. The number of fused-ring (bicyclic) bond motifs is 1. The highest BCUT2D eigenvalue weighted by Crippen LogP contribution is 2.39. The molecule has 3 N–H and O–H groups in total. The molecule has 0 radical (unpaired) electrons. The van der Waals surface area contributed by atoms with Gasteiger partial charge in [-0.2, -0.15) is 0 Å². The number of hydrogen-bond donors (Lipinski definition) is 2. The Morgan fingerprint density at radius 2 is 1.77 bits per heavy atom. The van der Waals surface area contributed by atoms with Crippen molar-refractivity contribution in [2.75, 3.05) is 26.6 Å². The first-order chi connectivity index (χ1) is 14.8. The number of methoxy groups -OCH3 is 2. The summed E-state index contributed by atoms with van der Waals surface area (Å²) in [4.78, 5) is 24.3. The van der Waals surface area contributed by atoms with Crippen LogP contribution in [-0.4, -0.2) is 46.8 Å². The summed E-state index contributed by atoms with van der Waals surface area (Å²) in [6, 6.07) is 9.12. The molecule has 2 aromatic carbocycles. The molecule has 0 unspecified atom stereocenters. The fourth-order valence-corrected chi connectivity index (χ4v) is 5.10. The van der Waals surface area contributed by atoms with Crippen molar-refractivity contribution in [3.05, 3.63) is 47.5 Å². The number of sulfone groups is 1. The lowest BCUT2D eigenvalue weighted by atomic mass is 10.0. The van der Waals surface area contributed by atoms with Crippen molar-refractivity contribution >= 4 is 21.7 Å². The van der Waals surface area contributed by atoms with Gasteiger partial charge >= 0.3 is 0 Å². The van der Waals surface area contributed by atoms with E-state index in [0.717, 1.165) is 0 Å². The highest BCUT2D eigenvalue weighted by molar-refractivity contribution is 7.91. The maximum atomic E-state index is 13.0. The Morgan fingerprint density at radius 3 is 2.39 bits per heavy atom. The molecule has 0 bridgehead atoms. The number of carbonyl (C=O) groups excluding carboxylic acids is 2. The van der Waals surface area contributed by atoms with Crippen molar-refractivity contribution in [2.24, 2.45) is 5.73 Å². The van der Waals surface area contributed by atoms with Gasteiger partial charge in [-0.15, -0.1) is 0 Å². The fourth-order valence-electron chi connectivity index (χ4n) is 3.48. The number of hydrogen-bond acceptors (Lipinski definition) is 7. The summed E-state index contributed by atoms with van der Waals surface area (Å²) < 4.78 is 41.0. The molecule has 1 atom stereocenters. The first-order valence-corrected chi connectivity index (χ1v) is 11.2. The first kappa shape index (κ1) is 22.4. The second-order valence-corrected chi connectivity index (χ2v) is 9.07. The average Bonchev–Trinajstić information content (AvgIpc) is 2.87. The van der Waals surface area contributed by atoms with E-state index in [1.807, 2.05) is 0 Å². The zero-order chi connectivity index (χ0) is 22.6. The zero-order valence-electron chi connectivity index (χ0n) is 17.2. The van der Waals surface area contributed by atoms with Crippen LogP contribution in [0.4, 0.5) is 0 Å². The van der Waals surface area contributed by atoms with Crippen LogP contribution >= 0.6 is 0 Å². The summed E-state index contributed by atoms with van der Waals surface area (Å²) in [5.74, 6) is -0.551. The Morgan fingerprint density at radius 1 is 1.13 bits per heavy atom. The Kier molecular flexibility index (Phi) is 6.69. The molecule has 1 aliphatic rings. The summed E-state index contributed by atoms with van der Waals surface area (Å²) in [6.45, 7) is -0.383. The quantitative estimate of drug-likeness (QED) is 0.657. The lowest BCUT2D eigenvalue weighted by molar-refractivity contribution is -0.120. The van der Waals surface area contributed by atoms with Crippen LogP contribution in [0.3, 0.4) is 0 Å². The molecule has 2 aromatic rings. The van der Waals surface area contributed by atoms with E-state index in [1.165, 1.54) is 26.4 Å². The maximum Gasteiger partial charge on any atom is 0.255 e. The van der Waals surface area contributed by atoms with Gasteiger partial charge in [0.25, 0.3) is 11.8 Å². The third-order valence-electron chi connectivity index (χ3n) is 4.92. The van der Waals surface area contributed by atoms with Crippen molar-refractivity contribution in [3.63, 3.8) is 0 Å². The molecule has 0 spiro atoms. The minimum atomic E-state index is -3.40. The van der Waals surface area contributed by atoms with Crippen LogP contribution in [0, 0.1) is 0 Å². The van der Waals surface area contributed by atoms with Crippen LogP contribution in [0.1, 0.15) is 34.8 Å². The predicted octanol–water partition coefficient (Wildman–Crippen LogP) is 1.61. The Bertz CT molecular complexity index is 1070. The molecular formula is C21H24N2O7S. The minimum Gasteiger partial charge on any atom is -0.493 e. The lowest BCUT2D eigenvalue weighted by Gasteiger charge is -2.20. The Labute approximate surface area is 180 Å². The van der Waals surface area contributed by atoms with E-state index in [2.05, 4.69) is 5.32 Å². The van der Waals surface area contributed by atoms with Crippen molar-refractivity contribution < 1.29 is 32.2 Å². The normalized spacial score (nSPS) is 17.0. The van der Waals surface area contributed by atoms with Crippen LogP contribution in [0.2, 0.25) is 0 Å². The van der Waals surface area contributed by atoms with Crippen molar-refractivity contribution in [1.82, 2.24) is 5.32 Å². The molecule has 0 saturated carbocycles. The number of primary amides is 1. The molecule has 10 heteroatoms. The van der Waals surface area contributed by atoms with Crippen LogP contribution in [-0.2, 0) is 14.6 Å². The number of rotatable bonds is 7. The molecule has 0 aliphatic carbocycles. The van der Waals surface area contributed by atoms with Crippen molar-refractivity contribution in [1.29, 1.82) is 0 Å². The standard InChI is InChI=1S/C21H24N2O7S/c1-28-16-10-13(11-17(29-2)20(16)30-12-19(22)24)21(25)23-15-7-5-9-31(26,27)18-8-4-3-6-14(15)18/h3-4,6,8,10-11,15H,5,7,9,12H2,1-2H3,(H2,22,24)(H,23,25)/t15-/m0/s1. The first-order valence-electron chi connectivity index (χ1n) is 9.56. The monoisotopic (exact) mass is 448 g/mol. The predicted molar refractivity (Wildman–Crippen MR) is 112 cm³/mol. The topological polar surface area (TPSA) is 134 Å². The van der Waals surface area contributed by atoms with Gasteiger partial charge in [0.05, 0.1) is 30.9 Å². The molecule has 31 heavy (non-hydrogen) atoms. The highest BCUT2D eigenvalue weighted by Gasteiger charge is 2.29. The molecular weight excluding hydrogens is 424 g/mol. The van der Waals surface area contributed by atoms with Gasteiger partial charge in [0.1, 0.15) is 0 Å². The Hall–Kier alpha value is -3.27. The molecule has 3 rings (SSSR count). The van der Waals surface area contributed by atoms with Gasteiger partial charge in [-0.1, -0.05) is 18.2 Å². The largest absolute Gasteiger partial charge is 0.493 e. The highest BCUT2D eigenvalue weighted by atomic mass is 32.2. The molecule has 2 amide bonds. The Balaban J connectivity index is 1.92. The SMILES string of the molecule is COc1cc(C(=O)N[C@H]2CCCS(=O)(=O)c3ccccc32)cc(OC)c1OCC(N)=O. The number of carbonyl (C=O) groups is 2. The van der Waals surface area contributed by atoms with Crippen LogP contribution in [0.15, 0.2) is 41.3 Å². The van der Waals surface area contributed by atoms with Gasteiger partial charge in [-0.05, 0) is 36.6 Å². The van der Waals surface area contributed by atoms with E-state index in [0.29, 0.717) is 18.4 Å².